The number of nitrogens with one attached hydrogen (secondary N) is 1. The fourth-order valence-electron chi connectivity index (χ4n) is 9.22. The van der Waals surface area contributed by atoms with Crippen LogP contribution in [0.15, 0.2) is 23.0 Å². The van der Waals surface area contributed by atoms with Gasteiger partial charge in [-0.2, -0.15) is 0 Å². The molecular weight excluding hydrogens is 557 g/mol. The minimum absolute atomic E-state index is 0.0434. The van der Waals surface area contributed by atoms with E-state index in [-0.39, 0.29) is 58.5 Å². The molecule has 1 aromatic rings. The Morgan fingerprint density at radius 1 is 1.16 bits per heavy atom. The SMILES string of the molecule is CN(C)[C@@H]1C(=O)C(C(N)=O)=C(O)[C@@]2(O)C(=O)C3=C(O)c4c(O)cc(CNC5CC6CCC5(C)C6(C)C)c(F)c4C[C@H]3C[C@@H]12. The summed E-state index contributed by atoms with van der Waals surface area (Å²) in [6, 6.07) is 0.233. The number of Topliss-reactive ketones (excluding diaryl/α,β-unsaturated/α-hetero) is 2. The molecule has 3 fully saturated rings. The number of primary amides is 1. The summed E-state index contributed by atoms with van der Waals surface area (Å²) >= 11 is 0. The summed E-state index contributed by atoms with van der Waals surface area (Å²) < 4.78 is 16.2. The van der Waals surface area contributed by atoms with Crippen molar-refractivity contribution in [3.8, 4) is 5.75 Å². The molecule has 7 atom stereocenters. The van der Waals surface area contributed by atoms with Crippen LogP contribution in [-0.4, -0.2) is 74.6 Å². The smallest absolute Gasteiger partial charge is 0.255 e. The molecule has 1 aromatic carbocycles. The van der Waals surface area contributed by atoms with E-state index in [0.29, 0.717) is 5.92 Å². The van der Waals surface area contributed by atoms with E-state index in [9.17, 15) is 34.8 Å². The van der Waals surface area contributed by atoms with Gasteiger partial charge in [0.15, 0.2) is 11.4 Å². The van der Waals surface area contributed by atoms with Gasteiger partial charge in [-0.25, -0.2) is 4.39 Å². The van der Waals surface area contributed by atoms with E-state index in [1.165, 1.54) is 31.5 Å². The first-order valence-electron chi connectivity index (χ1n) is 14.9. The van der Waals surface area contributed by atoms with Gasteiger partial charge in [0.05, 0.1) is 11.6 Å². The van der Waals surface area contributed by atoms with Crippen LogP contribution in [0.5, 0.6) is 5.75 Å². The number of phenols is 1. The van der Waals surface area contributed by atoms with Crippen LogP contribution in [0.2, 0.25) is 0 Å². The molecule has 0 saturated heterocycles. The third-order valence-corrected chi connectivity index (χ3v) is 12.1. The minimum Gasteiger partial charge on any atom is -0.508 e. The van der Waals surface area contributed by atoms with Crippen molar-refractivity contribution in [2.24, 2.45) is 34.3 Å². The number of halogens is 1. The fraction of sp³-hybridized carbons (Fsp3) is 0.594. The van der Waals surface area contributed by atoms with Crippen molar-refractivity contribution < 1.29 is 39.2 Å². The highest BCUT2D eigenvalue weighted by Gasteiger charge is 2.64. The summed E-state index contributed by atoms with van der Waals surface area (Å²) in [5, 5.41) is 48.5. The summed E-state index contributed by atoms with van der Waals surface area (Å²) in [5.74, 6) is -7.58. The first-order valence-corrected chi connectivity index (χ1v) is 14.9. The van der Waals surface area contributed by atoms with Gasteiger partial charge in [-0.15, -0.1) is 0 Å². The molecule has 11 heteroatoms. The Labute approximate surface area is 249 Å². The molecule has 2 bridgehead atoms. The lowest BCUT2D eigenvalue weighted by Crippen LogP contribution is -2.65. The number of aliphatic hydroxyl groups is 3. The van der Waals surface area contributed by atoms with Gasteiger partial charge >= 0.3 is 0 Å². The lowest BCUT2D eigenvalue weighted by molar-refractivity contribution is -0.153. The van der Waals surface area contributed by atoms with E-state index in [1.54, 1.807) is 0 Å². The highest BCUT2D eigenvalue weighted by Crippen LogP contribution is 2.65. The van der Waals surface area contributed by atoms with Gasteiger partial charge in [0.2, 0.25) is 5.78 Å². The number of hydrogen-bond acceptors (Lipinski definition) is 9. The molecule has 0 aromatic heterocycles. The van der Waals surface area contributed by atoms with Crippen molar-refractivity contribution in [1.82, 2.24) is 10.2 Å². The zero-order valence-corrected chi connectivity index (χ0v) is 25.1. The molecule has 7 N–H and O–H groups in total. The molecule has 10 nitrogen and oxygen atoms in total. The highest BCUT2D eigenvalue weighted by molar-refractivity contribution is 6.24. The number of carbonyl (C=O) groups is 3. The molecule has 5 aliphatic carbocycles. The number of nitrogens with two attached hydrogens (primary N) is 1. The van der Waals surface area contributed by atoms with Gasteiger partial charge in [0.25, 0.3) is 5.91 Å². The third-order valence-electron chi connectivity index (χ3n) is 12.1. The van der Waals surface area contributed by atoms with E-state index >= 15 is 4.39 Å². The first-order chi connectivity index (χ1) is 20.0. The normalized spacial score (nSPS) is 36.2. The molecule has 1 amide bonds. The molecular formula is C32H40FN3O7. The van der Waals surface area contributed by atoms with Crippen LogP contribution in [0.25, 0.3) is 5.76 Å². The first kappa shape index (κ1) is 29.8. The zero-order valence-electron chi connectivity index (χ0n) is 25.1. The molecule has 0 spiro atoms. The maximum absolute atomic E-state index is 16.2. The number of amides is 1. The Morgan fingerprint density at radius 3 is 2.40 bits per heavy atom. The van der Waals surface area contributed by atoms with Gasteiger partial charge in [-0.05, 0) is 74.9 Å². The molecule has 232 valence electrons. The maximum atomic E-state index is 16.2. The van der Waals surface area contributed by atoms with E-state index in [2.05, 4.69) is 26.1 Å². The quantitative estimate of drug-likeness (QED) is 0.279. The monoisotopic (exact) mass is 597 g/mol. The Morgan fingerprint density at radius 2 is 1.84 bits per heavy atom. The number of phenolic OH excluding ortho intramolecular Hbond substituents is 1. The van der Waals surface area contributed by atoms with Gasteiger partial charge in [0, 0.05) is 35.2 Å². The highest BCUT2D eigenvalue weighted by atomic mass is 19.1. The van der Waals surface area contributed by atoms with E-state index in [1.807, 2.05) is 0 Å². The summed E-state index contributed by atoms with van der Waals surface area (Å²) in [7, 11) is 3.06. The topological polar surface area (TPSA) is 173 Å². The van der Waals surface area contributed by atoms with Crippen LogP contribution in [0.4, 0.5) is 4.39 Å². The Bertz CT molecular complexity index is 1550. The Hall–Kier alpha value is -3.28. The summed E-state index contributed by atoms with van der Waals surface area (Å²) in [4.78, 5) is 40.7. The number of likely N-dealkylation sites (N-methyl/N-ethyl adjacent to an activating group) is 1. The second-order valence-corrected chi connectivity index (χ2v) is 14.2. The number of aliphatic hydroxyl groups excluding tert-OH is 2. The molecule has 43 heavy (non-hydrogen) atoms. The van der Waals surface area contributed by atoms with Crippen LogP contribution in [0, 0.1) is 34.4 Å². The number of ketones is 2. The molecule has 3 unspecified atom stereocenters. The van der Waals surface area contributed by atoms with Gasteiger partial charge in [-0.3, -0.25) is 19.3 Å². The summed E-state index contributed by atoms with van der Waals surface area (Å²) in [5.41, 5.74) is 1.71. The van der Waals surface area contributed by atoms with Crippen LogP contribution in [0.3, 0.4) is 0 Å². The lowest BCUT2D eigenvalue weighted by atomic mass is 9.57. The lowest BCUT2D eigenvalue weighted by Gasteiger charge is -2.50. The standard InChI is InChI=1S/C32H40FN3O7/c1-30(2)15-6-7-31(30,3)19(11-15)35-12-14-10-18(37)21-16(23(14)33)8-13-9-17-24(36(4)5)26(39)22(29(34)42)28(41)32(17,43)27(40)20(13)25(21)38/h10,13,15,17,19,24,35,37-38,41,43H,6-9,11-12H2,1-5H3,(H2,34,42)/t13-,15?,17-,19?,24-,31?,32-/m0/s1. The third kappa shape index (κ3) is 3.70. The number of benzene rings is 1. The van der Waals surface area contributed by atoms with Gasteiger partial charge in [0.1, 0.15) is 28.7 Å². The maximum Gasteiger partial charge on any atom is 0.255 e. The number of nitrogens with zero attached hydrogens (tertiary/aromatic N) is 1. The number of aromatic hydroxyl groups is 1. The Kier molecular flexibility index (Phi) is 6.48. The van der Waals surface area contributed by atoms with Crippen molar-refractivity contribution in [3.05, 3.63) is 45.5 Å². The van der Waals surface area contributed by atoms with Crippen LogP contribution in [-0.2, 0) is 27.3 Å². The van der Waals surface area contributed by atoms with E-state index in [4.69, 9.17) is 5.73 Å². The van der Waals surface area contributed by atoms with Gasteiger partial charge in [-0.1, -0.05) is 20.8 Å². The van der Waals surface area contributed by atoms with Crippen LogP contribution in [0.1, 0.15) is 63.1 Å². The molecule has 6 rings (SSSR count). The van der Waals surface area contributed by atoms with Crippen molar-refractivity contribution in [2.45, 2.75) is 77.1 Å². The number of carbonyl (C=O) groups excluding carboxylic acids is 3. The predicted molar refractivity (Wildman–Crippen MR) is 154 cm³/mol. The second kappa shape index (κ2) is 9.36. The van der Waals surface area contributed by atoms with Gasteiger partial charge < -0.3 is 31.5 Å². The predicted octanol–water partition coefficient (Wildman–Crippen LogP) is 2.41. The summed E-state index contributed by atoms with van der Waals surface area (Å²) in [6.07, 6.45) is 3.09. The second-order valence-electron chi connectivity index (χ2n) is 14.2. The number of fused-ring (bicyclic) bond motifs is 5. The average Bonchev–Trinajstić information content (AvgIpc) is 3.25. The average molecular weight is 598 g/mol. The zero-order chi connectivity index (χ0) is 31.5. The van der Waals surface area contributed by atoms with Crippen LogP contribution >= 0.6 is 0 Å². The Balaban J connectivity index is 1.39. The van der Waals surface area contributed by atoms with Crippen LogP contribution < -0.4 is 11.1 Å². The molecule has 0 radical (unpaired) electrons. The number of hydrogen-bond donors (Lipinski definition) is 6. The largest absolute Gasteiger partial charge is 0.508 e. The summed E-state index contributed by atoms with van der Waals surface area (Å²) in [6.45, 7) is 7.04. The van der Waals surface area contributed by atoms with E-state index < -0.39 is 69.6 Å². The fourth-order valence-corrected chi connectivity index (χ4v) is 9.22. The van der Waals surface area contributed by atoms with Crippen molar-refractivity contribution in [2.75, 3.05) is 14.1 Å². The molecule has 0 heterocycles. The van der Waals surface area contributed by atoms with Crippen molar-refractivity contribution in [3.63, 3.8) is 0 Å². The molecule has 5 aliphatic rings. The molecule has 3 saturated carbocycles. The minimum atomic E-state index is -2.73. The number of rotatable bonds is 5. The molecule has 0 aliphatic heterocycles. The van der Waals surface area contributed by atoms with Crippen molar-refractivity contribution >= 4 is 23.2 Å². The van der Waals surface area contributed by atoms with E-state index in [0.717, 1.165) is 12.8 Å². The van der Waals surface area contributed by atoms with Crippen molar-refractivity contribution in [1.29, 1.82) is 0 Å².